The molecule has 8 N–H and O–H groups in total. The van der Waals surface area contributed by atoms with E-state index in [9.17, 15) is 0 Å². The molecule has 0 fully saturated rings. The molecule has 0 radical (unpaired) electrons. The molecule has 0 saturated carbocycles. The van der Waals surface area contributed by atoms with E-state index < -0.39 is 0 Å². The fourth-order valence-corrected chi connectivity index (χ4v) is 7.65. The van der Waals surface area contributed by atoms with Crippen LogP contribution in [0, 0.1) is 0 Å². The molecule has 274 valence electrons. The summed E-state index contributed by atoms with van der Waals surface area (Å²) in [7, 11) is 0. The molecule has 0 aliphatic carbocycles. The Balaban J connectivity index is 1.73. The van der Waals surface area contributed by atoms with Gasteiger partial charge in [0.05, 0.1) is 0 Å². The van der Waals surface area contributed by atoms with Crippen LogP contribution in [0.25, 0.3) is 0 Å². The highest BCUT2D eigenvalue weighted by Gasteiger charge is 2.28. The van der Waals surface area contributed by atoms with Crippen LogP contribution < -0.4 is 22.9 Å². The summed E-state index contributed by atoms with van der Waals surface area (Å²) in [5, 5.41) is 0. The van der Waals surface area contributed by atoms with Gasteiger partial charge in [-0.15, -0.1) is 0 Å². The average molecular weight is 695 g/mol. The maximum atomic E-state index is 6.58. The molecule has 5 rings (SSSR count). The van der Waals surface area contributed by atoms with Gasteiger partial charge in [0.1, 0.15) is 0 Å². The molecular weight excluding hydrogens is 633 g/mol. The van der Waals surface area contributed by atoms with Crippen molar-refractivity contribution < 1.29 is 0 Å². The van der Waals surface area contributed by atoms with Crippen molar-refractivity contribution in [2.45, 2.75) is 117 Å². The Bertz CT molecular complexity index is 1780. The molecular formula is C48H62N4. The lowest BCUT2D eigenvalue weighted by molar-refractivity contribution is 0.589. The Morgan fingerprint density at radius 1 is 0.288 bits per heavy atom. The molecule has 0 bridgehead atoms. The van der Waals surface area contributed by atoms with E-state index in [0.717, 1.165) is 45.0 Å². The van der Waals surface area contributed by atoms with Crippen LogP contribution in [0.4, 0.5) is 22.7 Å². The van der Waals surface area contributed by atoms with Gasteiger partial charge in [-0.05, 0) is 102 Å². The van der Waals surface area contributed by atoms with Crippen LogP contribution in [0.15, 0.2) is 97.1 Å². The van der Waals surface area contributed by atoms with Crippen LogP contribution in [0.5, 0.6) is 0 Å². The first-order valence-corrected chi connectivity index (χ1v) is 18.7. The Morgan fingerprint density at radius 3 is 0.635 bits per heavy atom. The van der Waals surface area contributed by atoms with Gasteiger partial charge in [-0.25, -0.2) is 0 Å². The zero-order chi connectivity index (χ0) is 38.6. The first-order valence-electron chi connectivity index (χ1n) is 18.7. The van der Waals surface area contributed by atoms with E-state index in [4.69, 9.17) is 22.9 Å². The van der Waals surface area contributed by atoms with E-state index in [1.54, 1.807) is 0 Å². The van der Waals surface area contributed by atoms with Crippen molar-refractivity contribution in [3.63, 3.8) is 0 Å². The van der Waals surface area contributed by atoms with Crippen LogP contribution >= 0.6 is 0 Å². The molecule has 0 spiro atoms. The molecule has 5 aromatic carbocycles. The summed E-state index contributed by atoms with van der Waals surface area (Å²) in [5.41, 5.74) is 41.0. The van der Waals surface area contributed by atoms with E-state index >= 15 is 0 Å². The van der Waals surface area contributed by atoms with Gasteiger partial charge in [-0.2, -0.15) is 0 Å². The fourth-order valence-electron chi connectivity index (χ4n) is 7.65. The number of hydrogen-bond acceptors (Lipinski definition) is 4. The van der Waals surface area contributed by atoms with Crippen molar-refractivity contribution in [3.8, 4) is 0 Å². The number of nitrogen functional groups attached to an aromatic ring is 4. The first kappa shape index (κ1) is 38.5. The highest BCUT2D eigenvalue weighted by Crippen LogP contribution is 2.42. The van der Waals surface area contributed by atoms with Gasteiger partial charge in [-0.1, -0.05) is 156 Å². The smallest absolute Gasteiger partial charge is 0.0352 e. The second-order valence-corrected chi connectivity index (χ2v) is 18.9. The predicted molar refractivity (Wildman–Crippen MR) is 227 cm³/mol. The summed E-state index contributed by atoms with van der Waals surface area (Å²) in [4.78, 5) is 0. The van der Waals surface area contributed by atoms with Crippen LogP contribution in [0.3, 0.4) is 0 Å². The van der Waals surface area contributed by atoms with Gasteiger partial charge >= 0.3 is 0 Å². The lowest BCUT2D eigenvalue weighted by Crippen LogP contribution is -2.17. The Kier molecular flexibility index (Phi) is 10.1. The van der Waals surface area contributed by atoms with E-state index in [-0.39, 0.29) is 33.5 Å². The fraction of sp³-hybridized carbons (Fsp3) is 0.375. The standard InChI is InChI=1S/C48H62N4/c1-45(2,3)35-25-31(17-21-39(35)49)43(32-18-22-40(50)36(26-32)46(4,5)6)29-13-15-30(16-14-29)44(33-19-23-41(51)37(27-33)47(7,8)9)34-20-24-42(52)38(28-34)48(10,11)12/h13-28,43-44H,49-52H2,1-12H3. The largest absolute Gasteiger partial charge is 0.398 e. The van der Waals surface area contributed by atoms with Crippen molar-refractivity contribution in [1.29, 1.82) is 0 Å². The van der Waals surface area contributed by atoms with Gasteiger partial charge in [0.15, 0.2) is 0 Å². The number of nitrogens with two attached hydrogens (primary N) is 4. The van der Waals surface area contributed by atoms with E-state index in [2.05, 4.69) is 180 Å². The van der Waals surface area contributed by atoms with Crippen LogP contribution in [-0.4, -0.2) is 0 Å². The minimum absolute atomic E-state index is 0.0241. The van der Waals surface area contributed by atoms with Crippen LogP contribution in [0.1, 0.15) is 151 Å². The van der Waals surface area contributed by atoms with Gasteiger partial charge in [-0.3, -0.25) is 0 Å². The number of benzene rings is 5. The van der Waals surface area contributed by atoms with Gasteiger partial charge < -0.3 is 22.9 Å². The molecule has 52 heavy (non-hydrogen) atoms. The molecule has 0 atom stereocenters. The van der Waals surface area contributed by atoms with Gasteiger partial charge in [0.25, 0.3) is 0 Å². The molecule has 0 heterocycles. The average Bonchev–Trinajstić information content (AvgIpc) is 3.03. The zero-order valence-electron chi connectivity index (χ0n) is 33.7. The maximum absolute atomic E-state index is 6.58. The minimum atomic E-state index is -0.102. The first-order chi connectivity index (χ1) is 24.0. The highest BCUT2D eigenvalue weighted by molar-refractivity contribution is 5.61. The zero-order valence-corrected chi connectivity index (χ0v) is 33.7. The minimum Gasteiger partial charge on any atom is -0.398 e. The van der Waals surface area contributed by atoms with Crippen molar-refractivity contribution in [2.24, 2.45) is 0 Å². The molecule has 0 aliphatic rings. The topological polar surface area (TPSA) is 104 Å². The van der Waals surface area contributed by atoms with E-state index in [0.29, 0.717) is 0 Å². The second kappa shape index (κ2) is 13.7. The van der Waals surface area contributed by atoms with Crippen LogP contribution in [0.2, 0.25) is 0 Å². The SMILES string of the molecule is CC(C)(C)c1cc(C(c2ccc(C(c3ccc(N)c(C(C)(C)C)c3)c3ccc(N)c(C(C)(C)C)c3)cc2)c2ccc(N)c(C(C)(C)C)c2)ccc1N. The molecule has 4 nitrogen and oxygen atoms in total. The summed E-state index contributed by atoms with van der Waals surface area (Å²) in [5.74, 6) is -0.0483. The summed E-state index contributed by atoms with van der Waals surface area (Å²) < 4.78 is 0. The predicted octanol–water partition coefficient (Wildman–Crippen LogP) is 11.6. The summed E-state index contributed by atoms with van der Waals surface area (Å²) in [6, 6.07) is 35.4. The van der Waals surface area contributed by atoms with Gasteiger partial charge in [0, 0.05) is 34.6 Å². The van der Waals surface area contributed by atoms with Crippen LogP contribution in [-0.2, 0) is 21.7 Å². The lowest BCUT2D eigenvalue weighted by atomic mass is 9.76. The third-order valence-electron chi connectivity index (χ3n) is 10.5. The summed E-state index contributed by atoms with van der Waals surface area (Å²) >= 11 is 0. The molecule has 0 saturated heterocycles. The normalized spacial score (nSPS) is 12.9. The van der Waals surface area contributed by atoms with Crippen molar-refractivity contribution in [3.05, 3.63) is 153 Å². The quantitative estimate of drug-likeness (QED) is 0.105. The Labute approximate surface area is 314 Å². The van der Waals surface area contributed by atoms with Crippen molar-refractivity contribution >= 4 is 22.7 Å². The number of anilines is 4. The maximum Gasteiger partial charge on any atom is 0.0352 e. The van der Waals surface area contributed by atoms with Crippen molar-refractivity contribution in [2.75, 3.05) is 22.9 Å². The molecule has 4 heteroatoms. The summed E-state index contributed by atoms with van der Waals surface area (Å²) in [6.45, 7) is 26.6. The highest BCUT2D eigenvalue weighted by atomic mass is 14.6. The van der Waals surface area contributed by atoms with Crippen molar-refractivity contribution in [1.82, 2.24) is 0 Å². The van der Waals surface area contributed by atoms with E-state index in [1.165, 1.54) is 33.4 Å². The molecule has 0 aromatic heterocycles. The van der Waals surface area contributed by atoms with E-state index in [1.807, 2.05) is 0 Å². The third kappa shape index (κ3) is 8.02. The molecule has 5 aromatic rings. The molecule has 0 unspecified atom stereocenters. The van der Waals surface area contributed by atoms with Gasteiger partial charge in [0.2, 0.25) is 0 Å². The lowest BCUT2D eigenvalue weighted by Gasteiger charge is -2.29. The Hall–Kier alpha value is -4.70. The monoisotopic (exact) mass is 694 g/mol. The summed E-state index contributed by atoms with van der Waals surface area (Å²) in [6.07, 6.45) is 0. The number of rotatable bonds is 6. The second-order valence-electron chi connectivity index (χ2n) is 18.9. The molecule has 0 aliphatic heterocycles. The Morgan fingerprint density at radius 2 is 0.462 bits per heavy atom. The number of hydrogen-bond donors (Lipinski definition) is 4. The molecule has 0 amide bonds. The third-order valence-corrected chi connectivity index (χ3v) is 10.5.